The fraction of sp³-hybridized carbons (Fsp3) is 0.600. The molecule has 0 unspecified atom stereocenters. The summed E-state index contributed by atoms with van der Waals surface area (Å²) in [6.07, 6.45) is 4.51. The lowest BCUT2D eigenvalue weighted by Gasteiger charge is -2.33. The molecule has 1 nitrogen and oxygen atoms in total. The lowest BCUT2D eigenvalue weighted by atomic mass is 9.75. The summed E-state index contributed by atoms with van der Waals surface area (Å²) in [6.45, 7) is 5.21. The fourth-order valence-corrected chi connectivity index (χ4v) is 2.49. The Hall–Kier alpha value is -0.890. The highest BCUT2D eigenvalue weighted by atomic mass is 19.1. The van der Waals surface area contributed by atoms with Crippen molar-refractivity contribution in [3.05, 3.63) is 35.6 Å². The van der Waals surface area contributed by atoms with E-state index < -0.39 is 0 Å². The molecule has 17 heavy (non-hydrogen) atoms. The van der Waals surface area contributed by atoms with Crippen LogP contribution >= 0.6 is 0 Å². The highest BCUT2D eigenvalue weighted by Crippen LogP contribution is 2.34. The molecule has 94 valence electrons. The van der Waals surface area contributed by atoms with Gasteiger partial charge in [0.2, 0.25) is 0 Å². The molecule has 0 saturated heterocycles. The minimum absolute atomic E-state index is 0.0477. The highest BCUT2D eigenvalue weighted by Gasteiger charge is 2.33. The molecule has 1 aromatic carbocycles. The molecular weight excluding hydrogens is 213 g/mol. The van der Waals surface area contributed by atoms with E-state index in [1.54, 1.807) is 12.1 Å². The van der Waals surface area contributed by atoms with E-state index in [4.69, 9.17) is 0 Å². The van der Waals surface area contributed by atoms with Crippen LogP contribution in [0.15, 0.2) is 24.3 Å². The number of halogens is 1. The molecule has 0 heterocycles. The Balaban J connectivity index is 2.21. The lowest BCUT2D eigenvalue weighted by Crippen LogP contribution is -2.39. The van der Waals surface area contributed by atoms with Gasteiger partial charge in [0.05, 0.1) is 0 Å². The molecule has 0 bridgehead atoms. The van der Waals surface area contributed by atoms with Crippen LogP contribution in [0.25, 0.3) is 0 Å². The third kappa shape index (κ3) is 2.68. The molecule has 1 saturated carbocycles. The average molecular weight is 235 g/mol. The van der Waals surface area contributed by atoms with Crippen molar-refractivity contribution in [3.8, 4) is 0 Å². The maximum absolute atomic E-state index is 14.0. The third-order valence-corrected chi connectivity index (χ3v) is 4.11. The van der Waals surface area contributed by atoms with Crippen LogP contribution in [0.3, 0.4) is 0 Å². The van der Waals surface area contributed by atoms with Gasteiger partial charge in [-0.25, -0.2) is 4.39 Å². The first kappa shape index (κ1) is 12.6. The molecule has 2 rings (SSSR count). The van der Waals surface area contributed by atoms with Crippen LogP contribution in [0.4, 0.5) is 4.39 Å². The van der Waals surface area contributed by atoms with Gasteiger partial charge in [-0.3, -0.25) is 0 Å². The van der Waals surface area contributed by atoms with Gasteiger partial charge < -0.3 is 5.32 Å². The second kappa shape index (κ2) is 5.18. The van der Waals surface area contributed by atoms with Crippen molar-refractivity contribution in [2.45, 2.75) is 51.0 Å². The van der Waals surface area contributed by atoms with Crippen LogP contribution in [0.2, 0.25) is 0 Å². The predicted molar refractivity (Wildman–Crippen MR) is 69.7 cm³/mol. The smallest absolute Gasteiger partial charge is 0.127 e. The Morgan fingerprint density at radius 2 is 1.88 bits per heavy atom. The Labute approximate surface area is 103 Å². The molecule has 0 aliphatic heterocycles. The summed E-state index contributed by atoms with van der Waals surface area (Å²) in [7, 11) is 0. The maximum Gasteiger partial charge on any atom is 0.127 e. The van der Waals surface area contributed by atoms with E-state index in [2.05, 4.69) is 19.2 Å². The zero-order valence-electron chi connectivity index (χ0n) is 10.8. The van der Waals surface area contributed by atoms with Crippen LogP contribution in [-0.4, -0.2) is 12.6 Å². The number of nitrogens with one attached hydrogen (secondary N) is 1. The van der Waals surface area contributed by atoms with Crippen LogP contribution in [0, 0.1) is 5.82 Å². The SMILES string of the molecule is CCC(CC)(CNC1CC1)c1ccccc1F. The van der Waals surface area contributed by atoms with E-state index in [1.807, 2.05) is 12.1 Å². The molecule has 2 heteroatoms. The molecule has 1 aliphatic rings. The molecule has 1 aromatic rings. The van der Waals surface area contributed by atoms with Crippen LogP contribution in [0.1, 0.15) is 45.1 Å². The van der Waals surface area contributed by atoms with Gasteiger partial charge in [0.15, 0.2) is 0 Å². The van der Waals surface area contributed by atoms with Crippen molar-refractivity contribution < 1.29 is 4.39 Å². The Kier molecular flexibility index (Phi) is 3.82. The van der Waals surface area contributed by atoms with Gasteiger partial charge in [0.25, 0.3) is 0 Å². The van der Waals surface area contributed by atoms with E-state index in [9.17, 15) is 4.39 Å². The summed E-state index contributed by atoms with van der Waals surface area (Å²) >= 11 is 0. The van der Waals surface area contributed by atoms with Gasteiger partial charge in [-0.1, -0.05) is 32.0 Å². The summed E-state index contributed by atoms with van der Waals surface area (Å²) in [6, 6.07) is 7.90. The summed E-state index contributed by atoms with van der Waals surface area (Å²) in [4.78, 5) is 0. The number of hydrogen-bond donors (Lipinski definition) is 1. The minimum Gasteiger partial charge on any atom is -0.313 e. The third-order valence-electron chi connectivity index (χ3n) is 4.11. The van der Waals surface area contributed by atoms with Crippen molar-refractivity contribution >= 4 is 0 Å². The largest absolute Gasteiger partial charge is 0.313 e. The summed E-state index contributed by atoms with van der Waals surface area (Å²) in [5, 5.41) is 3.56. The Bertz CT molecular complexity index is 367. The quantitative estimate of drug-likeness (QED) is 0.794. The van der Waals surface area contributed by atoms with Gasteiger partial charge >= 0.3 is 0 Å². The topological polar surface area (TPSA) is 12.0 Å². The van der Waals surface area contributed by atoms with Crippen LogP contribution in [-0.2, 0) is 5.41 Å². The zero-order valence-corrected chi connectivity index (χ0v) is 10.8. The standard InChI is InChI=1S/C15H22FN/c1-3-15(4-2,11-17-12-9-10-12)13-7-5-6-8-14(13)16/h5-8,12,17H,3-4,9-11H2,1-2H3. The first-order chi connectivity index (χ1) is 8.22. The van der Waals surface area contributed by atoms with Crippen LogP contribution < -0.4 is 5.32 Å². The van der Waals surface area contributed by atoms with Gasteiger partial charge in [-0.05, 0) is 37.3 Å². The molecule has 0 aromatic heterocycles. The Morgan fingerprint density at radius 3 is 2.41 bits per heavy atom. The fourth-order valence-electron chi connectivity index (χ4n) is 2.49. The van der Waals surface area contributed by atoms with E-state index in [0.29, 0.717) is 6.04 Å². The van der Waals surface area contributed by atoms with E-state index in [-0.39, 0.29) is 11.2 Å². The van der Waals surface area contributed by atoms with Crippen molar-refractivity contribution in [1.82, 2.24) is 5.32 Å². The molecule has 0 spiro atoms. The number of hydrogen-bond acceptors (Lipinski definition) is 1. The highest BCUT2D eigenvalue weighted by molar-refractivity contribution is 5.27. The second-order valence-corrected chi connectivity index (χ2v) is 5.12. The molecule has 0 atom stereocenters. The number of rotatable bonds is 6. The average Bonchev–Trinajstić information content (AvgIpc) is 3.17. The summed E-state index contributed by atoms with van der Waals surface area (Å²) < 4.78 is 14.0. The summed E-state index contributed by atoms with van der Waals surface area (Å²) in [5.41, 5.74) is 0.826. The minimum atomic E-state index is -0.0613. The first-order valence-electron chi connectivity index (χ1n) is 6.70. The maximum atomic E-state index is 14.0. The molecular formula is C15H22FN. The van der Waals surface area contributed by atoms with Gasteiger partial charge in [0.1, 0.15) is 5.82 Å². The monoisotopic (exact) mass is 235 g/mol. The molecule has 0 amide bonds. The molecule has 1 N–H and O–H groups in total. The van der Waals surface area contributed by atoms with E-state index in [1.165, 1.54) is 12.8 Å². The predicted octanol–water partition coefficient (Wildman–Crippen LogP) is 3.64. The first-order valence-corrected chi connectivity index (χ1v) is 6.70. The second-order valence-electron chi connectivity index (χ2n) is 5.12. The van der Waals surface area contributed by atoms with E-state index in [0.717, 1.165) is 24.9 Å². The van der Waals surface area contributed by atoms with Gasteiger partial charge in [0, 0.05) is 18.0 Å². The molecule has 0 radical (unpaired) electrons. The van der Waals surface area contributed by atoms with Crippen molar-refractivity contribution in [2.24, 2.45) is 0 Å². The lowest BCUT2D eigenvalue weighted by molar-refractivity contribution is 0.353. The van der Waals surface area contributed by atoms with E-state index >= 15 is 0 Å². The van der Waals surface area contributed by atoms with Gasteiger partial charge in [-0.2, -0.15) is 0 Å². The Morgan fingerprint density at radius 1 is 1.24 bits per heavy atom. The molecule has 1 aliphatic carbocycles. The van der Waals surface area contributed by atoms with Crippen LogP contribution in [0.5, 0.6) is 0 Å². The van der Waals surface area contributed by atoms with Crippen molar-refractivity contribution in [2.75, 3.05) is 6.54 Å². The zero-order chi connectivity index (χ0) is 12.3. The normalized spacial score (nSPS) is 16.2. The van der Waals surface area contributed by atoms with Gasteiger partial charge in [-0.15, -0.1) is 0 Å². The number of benzene rings is 1. The molecule has 1 fully saturated rings. The summed E-state index contributed by atoms with van der Waals surface area (Å²) in [5.74, 6) is -0.0613. The van der Waals surface area contributed by atoms with Crippen molar-refractivity contribution in [3.63, 3.8) is 0 Å². The van der Waals surface area contributed by atoms with Crippen molar-refractivity contribution in [1.29, 1.82) is 0 Å².